The quantitative estimate of drug-likeness (QED) is 0.277. The Bertz CT molecular complexity index is 1220. The molecule has 3 N–H and O–H groups in total. The summed E-state index contributed by atoms with van der Waals surface area (Å²) in [7, 11) is 0. The topological polar surface area (TPSA) is 62.4 Å². The van der Waals surface area contributed by atoms with E-state index in [-0.39, 0.29) is 35.9 Å². The molecule has 40 heavy (non-hydrogen) atoms. The van der Waals surface area contributed by atoms with Crippen LogP contribution in [0.5, 0.6) is 0 Å². The second-order valence-corrected chi connectivity index (χ2v) is 11.0. The molecular formula is C35H43N3O2. The highest BCUT2D eigenvalue weighted by Crippen LogP contribution is 2.45. The van der Waals surface area contributed by atoms with Gasteiger partial charge in [-0.05, 0) is 74.6 Å². The SMILES string of the molecule is CCNc1ccc(C(C2=CC=C(NC3CCCCC3OC(C)=O)C3C=CC=CC23)c2ccc(NCC)cc2)cc1. The van der Waals surface area contributed by atoms with Gasteiger partial charge in [-0.25, -0.2) is 0 Å². The highest BCUT2D eigenvalue weighted by Gasteiger charge is 2.36. The average Bonchev–Trinajstić information content (AvgIpc) is 2.97. The molecule has 210 valence electrons. The Hall–Kier alpha value is -3.73. The largest absolute Gasteiger partial charge is 0.460 e. The summed E-state index contributed by atoms with van der Waals surface area (Å²) in [5.74, 6) is 0.394. The number of carbonyl (C=O) groups is 1. The molecule has 5 heteroatoms. The van der Waals surface area contributed by atoms with Gasteiger partial charge in [0.2, 0.25) is 0 Å². The molecule has 4 atom stereocenters. The lowest BCUT2D eigenvalue weighted by Gasteiger charge is -2.39. The first kappa shape index (κ1) is 27.8. The van der Waals surface area contributed by atoms with Crippen molar-refractivity contribution in [2.45, 2.75) is 64.5 Å². The van der Waals surface area contributed by atoms with Crippen LogP contribution >= 0.6 is 0 Å². The number of rotatable bonds is 10. The van der Waals surface area contributed by atoms with E-state index < -0.39 is 0 Å². The molecule has 0 saturated heterocycles. The van der Waals surface area contributed by atoms with E-state index in [4.69, 9.17) is 4.74 Å². The fraction of sp³-hybridized carbons (Fsp3) is 0.400. The van der Waals surface area contributed by atoms with Crippen LogP contribution in [0.25, 0.3) is 0 Å². The molecule has 0 aliphatic heterocycles. The van der Waals surface area contributed by atoms with Crippen molar-refractivity contribution in [2.75, 3.05) is 23.7 Å². The Balaban J connectivity index is 1.51. The molecule has 1 saturated carbocycles. The van der Waals surface area contributed by atoms with E-state index in [2.05, 4.69) is 115 Å². The van der Waals surface area contributed by atoms with Gasteiger partial charge in [-0.2, -0.15) is 0 Å². The summed E-state index contributed by atoms with van der Waals surface area (Å²) in [4.78, 5) is 11.8. The maximum atomic E-state index is 11.8. The maximum absolute atomic E-state index is 11.8. The molecule has 2 aromatic carbocycles. The Labute approximate surface area is 239 Å². The summed E-state index contributed by atoms with van der Waals surface area (Å²) in [5, 5.41) is 10.7. The molecule has 5 rings (SSSR count). The predicted octanol–water partition coefficient (Wildman–Crippen LogP) is 7.33. The van der Waals surface area contributed by atoms with Gasteiger partial charge in [-0.3, -0.25) is 4.79 Å². The minimum atomic E-state index is -0.194. The van der Waals surface area contributed by atoms with E-state index >= 15 is 0 Å². The van der Waals surface area contributed by atoms with E-state index in [9.17, 15) is 4.79 Å². The molecule has 2 aromatic rings. The Morgan fingerprint density at radius 1 is 0.825 bits per heavy atom. The minimum Gasteiger partial charge on any atom is -0.460 e. The van der Waals surface area contributed by atoms with Crippen LogP contribution in [0.4, 0.5) is 11.4 Å². The number of esters is 1. The van der Waals surface area contributed by atoms with E-state index in [1.807, 2.05) is 0 Å². The molecule has 3 aliphatic carbocycles. The maximum Gasteiger partial charge on any atom is 0.302 e. The minimum absolute atomic E-state index is 0.0719. The molecule has 3 aliphatic rings. The second-order valence-electron chi connectivity index (χ2n) is 11.0. The van der Waals surface area contributed by atoms with Crippen molar-refractivity contribution in [3.8, 4) is 0 Å². The van der Waals surface area contributed by atoms with E-state index in [1.54, 1.807) is 0 Å². The Morgan fingerprint density at radius 2 is 1.40 bits per heavy atom. The molecular weight excluding hydrogens is 494 g/mol. The van der Waals surface area contributed by atoms with Gasteiger partial charge in [0, 0.05) is 54.8 Å². The summed E-state index contributed by atoms with van der Waals surface area (Å²) >= 11 is 0. The molecule has 0 amide bonds. The van der Waals surface area contributed by atoms with Crippen LogP contribution in [0, 0.1) is 11.8 Å². The zero-order valence-electron chi connectivity index (χ0n) is 24.0. The molecule has 0 heterocycles. The second kappa shape index (κ2) is 13.1. The Morgan fingerprint density at radius 3 is 1.98 bits per heavy atom. The third kappa shape index (κ3) is 6.35. The zero-order valence-corrected chi connectivity index (χ0v) is 24.0. The highest BCUT2D eigenvalue weighted by atomic mass is 16.5. The number of fused-ring (bicyclic) bond motifs is 1. The van der Waals surface area contributed by atoms with Gasteiger partial charge in [0.25, 0.3) is 0 Å². The predicted molar refractivity (Wildman–Crippen MR) is 165 cm³/mol. The normalized spacial score (nSPS) is 23.6. The summed E-state index contributed by atoms with van der Waals surface area (Å²) in [6.07, 6.45) is 17.7. The standard InChI is InChI=1S/C35H43N3O2/c1-4-36-27-18-14-25(15-19-27)35(26-16-20-28(21-17-26)37-5-2)31-22-23-32(30-11-7-6-10-29(30)31)38-33-12-8-9-13-34(33)40-24(3)39/h6-7,10-11,14-23,29-30,33-38H,4-5,8-9,12-13H2,1-3H3. The van der Waals surface area contributed by atoms with Crippen molar-refractivity contribution < 1.29 is 9.53 Å². The van der Waals surface area contributed by atoms with Crippen LogP contribution < -0.4 is 16.0 Å². The smallest absolute Gasteiger partial charge is 0.302 e. The number of nitrogens with one attached hydrogen (secondary N) is 3. The summed E-state index contributed by atoms with van der Waals surface area (Å²) in [5.41, 5.74) is 7.47. The number of anilines is 2. The lowest BCUT2D eigenvalue weighted by Crippen LogP contribution is -2.46. The van der Waals surface area contributed by atoms with Crippen molar-refractivity contribution in [1.82, 2.24) is 5.32 Å². The third-order valence-corrected chi connectivity index (χ3v) is 8.29. The van der Waals surface area contributed by atoms with Gasteiger partial charge < -0.3 is 20.7 Å². The van der Waals surface area contributed by atoms with Gasteiger partial charge in [-0.1, -0.05) is 66.6 Å². The van der Waals surface area contributed by atoms with Crippen molar-refractivity contribution in [2.24, 2.45) is 11.8 Å². The van der Waals surface area contributed by atoms with Crippen LogP contribution in [0.1, 0.15) is 63.5 Å². The number of ether oxygens (including phenoxy) is 1. The third-order valence-electron chi connectivity index (χ3n) is 8.29. The van der Waals surface area contributed by atoms with Crippen molar-refractivity contribution in [3.05, 3.63) is 107 Å². The first-order valence-electron chi connectivity index (χ1n) is 15.0. The monoisotopic (exact) mass is 537 g/mol. The number of hydrogen-bond donors (Lipinski definition) is 3. The van der Waals surface area contributed by atoms with Crippen LogP contribution in [-0.4, -0.2) is 31.2 Å². The zero-order chi connectivity index (χ0) is 27.9. The molecule has 0 bridgehead atoms. The first-order valence-corrected chi connectivity index (χ1v) is 15.0. The van der Waals surface area contributed by atoms with Gasteiger partial charge in [-0.15, -0.1) is 0 Å². The van der Waals surface area contributed by atoms with Crippen LogP contribution in [-0.2, 0) is 9.53 Å². The van der Waals surface area contributed by atoms with Crippen molar-refractivity contribution in [1.29, 1.82) is 0 Å². The Kier molecular flexibility index (Phi) is 9.10. The first-order chi connectivity index (χ1) is 19.6. The van der Waals surface area contributed by atoms with Crippen molar-refractivity contribution in [3.63, 3.8) is 0 Å². The molecule has 0 aromatic heterocycles. The summed E-state index contributed by atoms with van der Waals surface area (Å²) in [6, 6.07) is 18.0. The van der Waals surface area contributed by atoms with Crippen LogP contribution in [0.2, 0.25) is 0 Å². The number of benzene rings is 2. The lowest BCUT2D eigenvalue weighted by molar-refractivity contribution is -0.149. The van der Waals surface area contributed by atoms with E-state index in [0.717, 1.165) is 50.1 Å². The van der Waals surface area contributed by atoms with Gasteiger partial charge in [0.1, 0.15) is 6.10 Å². The molecule has 5 nitrogen and oxygen atoms in total. The van der Waals surface area contributed by atoms with Gasteiger partial charge in [0.15, 0.2) is 0 Å². The molecule has 0 spiro atoms. The van der Waals surface area contributed by atoms with Crippen molar-refractivity contribution >= 4 is 17.3 Å². The number of carbonyl (C=O) groups excluding carboxylic acids is 1. The molecule has 1 fully saturated rings. The molecule has 4 unspecified atom stereocenters. The van der Waals surface area contributed by atoms with E-state index in [0.29, 0.717) is 0 Å². The highest BCUT2D eigenvalue weighted by molar-refractivity contribution is 5.66. The van der Waals surface area contributed by atoms with Crippen LogP contribution in [0.15, 0.2) is 96.3 Å². The summed E-state index contributed by atoms with van der Waals surface area (Å²) < 4.78 is 5.72. The van der Waals surface area contributed by atoms with Gasteiger partial charge in [0.05, 0.1) is 6.04 Å². The lowest BCUT2D eigenvalue weighted by atomic mass is 9.69. The number of hydrogen-bond acceptors (Lipinski definition) is 5. The van der Waals surface area contributed by atoms with Crippen LogP contribution in [0.3, 0.4) is 0 Å². The molecule has 0 radical (unpaired) electrons. The average molecular weight is 538 g/mol. The fourth-order valence-corrected chi connectivity index (χ4v) is 6.47. The summed E-state index contributed by atoms with van der Waals surface area (Å²) in [6.45, 7) is 7.57. The fourth-order valence-electron chi connectivity index (χ4n) is 6.47. The van der Waals surface area contributed by atoms with Gasteiger partial charge >= 0.3 is 5.97 Å². The van der Waals surface area contributed by atoms with E-state index in [1.165, 1.54) is 29.3 Å². The number of allylic oxidation sites excluding steroid dienone is 7.